The Labute approximate surface area is 104 Å². The summed E-state index contributed by atoms with van der Waals surface area (Å²) in [4.78, 5) is 33.5. The van der Waals surface area contributed by atoms with Crippen molar-refractivity contribution in [2.24, 2.45) is 5.92 Å². The molecule has 1 aliphatic carbocycles. The first-order valence-corrected chi connectivity index (χ1v) is 6.13. The van der Waals surface area contributed by atoms with Crippen molar-refractivity contribution in [1.82, 2.24) is 16.0 Å². The van der Waals surface area contributed by atoms with Gasteiger partial charge in [0.15, 0.2) is 0 Å². The minimum atomic E-state index is -0.996. The van der Waals surface area contributed by atoms with Crippen LogP contribution in [0.4, 0.5) is 4.79 Å². The van der Waals surface area contributed by atoms with Gasteiger partial charge in [0.05, 0.1) is 0 Å². The summed E-state index contributed by atoms with van der Waals surface area (Å²) in [5, 5.41) is 16.8. The summed E-state index contributed by atoms with van der Waals surface area (Å²) in [5.74, 6) is -0.959. The van der Waals surface area contributed by atoms with Crippen LogP contribution in [0.3, 0.4) is 0 Å². The molecule has 2 atom stereocenters. The normalized spacial score (nSPS) is 24.9. The van der Waals surface area contributed by atoms with E-state index in [9.17, 15) is 14.4 Å². The molecule has 2 fully saturated rings. The summed E-state index contributed by atoms with van der Waals surface area (Å²) in [6.07, 6.45) is 2.66. The van der Waals surface area contributed by atoms with Crippen LogP contribution in [0.5, 0.6) is 0 Å². The highest BCUT2D eigenvalue weighted by Crippen LogP contribution is 2.32. The van der Waals surface area contributed by atoms with Gasteiger partial charge in [0.2, 0.25) is 5.91 Å². The molecular formula is C11H17N3O4. The molecule has 1 saturated carbocycles. The fourth-order valence-electron chi connectivity index (χ4n) is 2.04. The molecule has 2 rings (SSSR count). The number of piperidine rings is 1. The predicted molar refractivity (Wildman–Crippen MR) is 61.8 cm³/mol. The number of nitrogens with one attached hydrogen (secondary N) is 3. The lowest BCUT2D eigenvalue weighted by Gasteiger charge is -2.24. The second kappa shape index (κ2) is 5.24. The molecule has 2 aliphatic rings. The molecule has 1 aliphatic heterocycles. The van der Waals surface area contributed by atoms with Gasteiger partial charge in [-0.2, -0.15) is 0 Å². The van der Waals surface area contributed by atoms with Crippen LogP contribution in [0.25, 0.3) is 0 Å². The van der Waals surface area contributed by atoms with E-state index in [-0.39, 0.29) is 17.9 Å². The molecule has 0 bridgehead atoms. The van der Waals surface area contributed by atoms with Gasteiger partial charge in [-0.05, 0) is 25.2 Å². The monoisotopic (exact) mass is 255 g/mol. The minimum absolute atomic E-state index is 0.0187. The lowest BCUT2D eigenvalue weighted by atomic mass is 10.1. The van der Waals surface area contributed by atoms with Gasteiger partial charge in [0.25, 0.3) is 0 Å². The van der Waals surface area contributed by atoms with Gasteiger partial charge < -0.3 is 21.1 Å². The zero-order chi connectivity index (χ0) is 13.1. The fourth-order valence-corrected chi connectivity index (χ4v) is 2.04. The average molecular weight is 255 g/mol. The highest BCUT2D eigenvalue weighted by Gasteiger charge is 2.37. The number of hydrogen-bond donors (Lipinski definition) is 4. The number of urea groups is 1. The topological polar surface area (TPSA) is 108 Å². The first kappa shape index (κ1) is 12.7. The third-order valence-electron chi connectivity index (χ3n) is 3.25. The Kier molecular flexibility index (Phi) is 3.69. The first-order chi connectivity index (χ1) is 8.56. The molecule has 0 aromatic carbocycles. The number of hydrogen-bond acceptors (Lipinski definition) is 3. The van der Waals surface area contributed by atoms with Crippen LogP contribution in [0.1, 0.15) is 25.7 Å². The second-order valence-electron chi connectivity index (χ2n) is 4.81. The Morgan fingerprint density at radius 3 is 2.56 bits per heavy atom. The van der Waals surface area contributed by atoms with Gasteiger partial charge in [-0.1, -0.05) is 0 Å². The van der Waals surface area contributed by atoms with Gasteiger partial charge in [0, 0.05) is 19.0 Å². The number of carbonyl (C=O) groups excluding carboxylic acids is 2. The van der Waals surface area contributed by atoms with Crippen LogP contribution in [0.15, 0.2) is 0 Å². The third kappa shape index (κ3) is 3.35. The summed E-state index contributed by atoms with van der Waals surface area (Å²) in [6, 6.07) is -1.41. The van der Waals surface area contributed by atoms with Crippen molar-refractivity contribution >= 4 is 17.9 Å². The van der Waals surface area contributed by atoms with E-state index < -0.39 is 18.0 Å². The summed E-state index contributed by atoms with van der Waals surface area (Å²) in [5.41, 5.74) is 0. The van der Waals surface area contributed by atoms with E-state index >= 15 is 0 Å². The Bertz CT molecular complexity index is 357. The molecule has 3 amide bonds. The quantitative estimate of drug-likeness (QED) is 0.539. The maximum Gasteiger partial charge on any atom is 0.326 e. The first-order valence-electron chi connectivity index (χ1n) is 6.13. The molecule has 4 N–H and O–H groups in total. The zero-order valence-corrected chi connectivity index (χ0v) is 9.94. The molecule has 2 unspecified atom stereocenters. The molecule has 7 nitrogen and oxygen atoms in total. The Morgan fingerprint density at radius 1 is 1.33 bits per heavy atom. The van der Waals surface area contributed by atoms with E-state index in [0.29, 0.717) is 19.4 Å². The molecule has 1 saturated heterocycles. The molecule has 100 valence electrons. The number of carboxylic acids is 1. The van der Waals surface area contributed by atoms with Gasteiger partial charge in [-0.15, -0.1) is 0 Å². The zero-order valence-electron chi connectivity index (χ0n) is 9.94. The van der Waals surface area contributed by atoms with Gasteiger partial charge in [0.1, 0.15) is 6.04 Å². The van der Waals surface area contributed by atoms with Crippen molar-refractivity contribution in [1.29, 1.82) is 0 Å². The smallest absolute Gasteiger partial charge is 0.326 e. The van der Waals surface area contributed by atoms with Crippen molar-refractivity contribution in [3.8, 4) is 0 Å². The van der Waals surface area contributed by atoms with E-state index in [1.54, 1.807) is 0 Å². The summed E-state index contributed by atoms with van der Waals surface area (Å²) < 4.78 is 0. The van der Waals surface area contributed by atoms with Crippen LogP contribution in [-0.2, 0) is 9.59 Å². The van der Waals surface area contributed by atoms with Crippen LogP contribution < -0.4 is 16.0 Å². The molecule has 1 heterocycles. The lowest BCUT2D eigenvalue weighted by Crippen LogP contribution is -2.54. The second-order valence-corrected chi connectivity index (χ2v) is 4.81. The van der Waals surface area contributed by atoms with Crippen LogP contribution in [0, 0.1) is 5.92 Å². The SMILES string of the molecule is O=C1CCC(NC(=O)NC(C(=O)O)C2CC2)CN1. The number of carboxylic acid groups (broad SMARTS) is 1. The summed E-state index contributed by atoms with van der Waals surface area (Å²) in [7, 11) is 0. The molecule has 0 spiro atoms. The van der Waals surface area contributed by atoms with Crippen LogP contribution in [-0.4, -0.2) is 41.6 Å². The average Bonchev–Trinajstić information content (AvgIpc) is 3.13. The Balaban J connectivity index is 1.77. The highest BCUT2D eigenvalue weighted by atomic mass is 16.4. The van der Waals surface area contributed by atoms with Gasteiger partial charge in [-0.25, -0.2) is 9.59 Å². The van der Waals surface area contributed by atoms with Crippen LogP contribution >= 0.6 is 0 Å². The van der Waals surface area contributed by atoms with E-state index in [0.717, 1.165) is 12.8 Å². The third-order valence-corrected chi connectivity index (χ3v) is 3.25. The van der Waals surface area contributed by atoms with Gasteiger partial charge >= 0.3 is 12.0 Å². The van der Waals surface area contributed by atoms with E-state index in [4.69, 9.17) is 5.11 Å². The fraction of sp³-hybridized carbons (Fsp3) is 0.727. The molecule has 0 aromatic rings. The molecule has 0 radical (unpaired) electrons. The van der Waals surface area contributed by atoms with E-state index in [2.05, 4.69) is 16.0 Å². The van der Waals surface area contributed by atoms with Gasteiger partial charge in [-0.3, -0.25) is 4.79 Å². The van der Waals surface area contributed by atoms with Crippen LogP contribution in [0.2, 0.25) is 0 Å². The molecule has 18 heavy (non-hydrogen) atoms. The van der Waals surface area contributed by atoms with Crippen molar-refractivity contribution in [3.05, 3.63) is 0 Å². The van der Waals surface area contributed by atoms with Crippen molar-refractivity contribution in [3.63, 3.8) is 0 Å². The lowest BCUT2D eigenvalue weighted by molar-refractivity contribution is -0.139. The largest absolute Gasteiger partial charge is 0.480 e. The number of aliphatic carboxylic acids is 1. The molecule has 7 heteroatoms. The van der Waals surface area contributed by atoms with E-state index in [1.807, 2.05) is 0 Å². The summed E-state index contributed by atoms with van der Waals surface area (Å²) >= 11 is 0. The maximum atomic E-state index is 11.6. The van der Waals surface area contributed by atoms with Crippen molar-refractivity contribution in [2.45, 2.75) is 37.8 Å². The standard InChI is InChI=1S/C11H17N3O4/c15-8-4-3-7(5-12-8)13-11(18)14-9(10(16)17)6-1-2-6/h6-7,9H,1-5H2,(H,12,15)(H,16,17)(H2,13,14,18). The van der Waals surface area contributed by atoms with Crippen molar-refractivity contribution in [2.75, 3.05) is 6.54 Å². The number of carbonyl (C=O) groups is 3. The highest BCUT2D eigenvalue weighted by molar-refractivity contribution is 5.83. The predicted octanol–water partition coefficient (Wildman–Crippen LogP) is -0.573. The Hall–Kier alpha value is -1.79. The van der Waals surface area contributed by atoms with Crippen molar-refractivity contribution < 1.29 is 19.5 Å². The number of rotatable bonds is 4. The minimum Gasteiger partial charge on any atom is -0.480 e. The summed E-state index contributed by atoms with van der Waals surface area (Å²) in [6.45, 7) is 0.396. The van der Waals surface area contributed by atoms with E-state index in [1.165, 1.54) is 0 Å². The Morgan fingerprint density at radius 2 is 2.06 bits per heavy atom. The number of amides is 3. The molecular weight excluding hydrogens is 238 g/mol. The molecule has 0 aromatic heterocycles. The maximum absolute atomic E-state index is 11.6.